The molecular formula is C20H12N4O7. The van der Waals surface area contributed by atoms with Gasteiger partial charge in [0.25, 0.3) is 23.2 Å². The largest absolute Gasteiger partial charge is 0.284 e. The topological polar surface area (TPSA) is 153 Å². The molecule has 3 amide bonds. The van der Waals surface area contributed by atoms with E-state index < -0.39 is 44.3 Å². The maximum absolute atomic E-state index is 12.9. The Labute approximate surface area is 173 Å². The molecule has 0 bridgehead atoms. The van der Waals surface area contributed by atoms with Crippen LogP contribution in [0.4, 0.5) is 11.4 Å². The first-order chi connectivity index (χ1) is 14.8. The molecule has 3 aromatic carbocycles. The van der Waals surface area contributed by atoms with Crippen molar-refractivity contribution in [2.24, 2.45) is 0 Å². The molecule has 0 atom stereocenters. The average molecular weight is 420 g/mol. The Morgan fingerprint density at radius 2 is 1.32 bits per heavy atom. The summed E-state index contributed by atoms with van der Waals surface area (Å²) in [5.41, 5.74) is 1.37. The molecule has 0 saturated carbocycles. The summed E-state index contributed by atoms with van der Waals surface area (Å²) in [5.74, 6) is -2.52. The number of carbonyl (C=O) groups is 3. The summed E-state index contributed by atoms with van der Waals surface area (Å²) in [4.78, 5) is 59.4. The van der Waals surface area contributed by atoms with Gasteiger partial charge in [0.2, 0.25) is 5.91 Å². The highest BCUT2D eigenvalue weighted by atomic mass is 16.6. The smallest absolute Gasteiger partial charge is 0.273 e. The van der Waals surface area contributed by atoms with Crippen molar-refractivity contribution in [3.05, 3.63) is 91.5 Å². The molecule has 11 heteroatoms. The first-order valence-corrected chi connectivity index (χ1v) is 8.90. The number of hydrogen-bond donors (Lipinski definition) is 1. The Balaban J connectivity index is 1.79. The number of amides is 3. The van der Waals surface area contributed by atoms with Gasteiger partial charge in [0, 0.05) is 17.5 Å². The third-order valence-corrected chi connectivity index (χ3v) is 4.82. The monoisotopic (exact) mass is 420 g/mol. The quantitative estimate of drug-likeness (QED) is 0.378. The number of nitrogens with one attached hydrogen (secondary N) is 1. The number of rotatable bonds is 5. The normalized spacial score (nSPS) is 12.7. The minimum Gasteiger partial charge on any atom is -0.273 e. The van der Waals surface area contributed by atoms with Crippen LogP contribution in [0.5, 0.6) is 0 Å². The molecule has 11 nitrogen and oxygen atoms in total. The number of nitro groups is 2. The predicted octanol–water partition coefficient (Wildman–Crippen LogP) is 2.53. The SMILES string of the molecule is O=C(Cc1ccccc1)NN1C(=O)c2ccc([N+](=O)[O-])c3c([N+](=O)[O-])ccc(c23)C1=O. The Morgan fingerprint density at radius 1 is 0.806 bits per heavy atom. The summed E-state index contributed by atoms with van der Waals surface area (Å²) in [6.45, 7) is 0. The molecular weight excluding hydrogens is 408 g/mol. The van der Waals surface area contributed by atoms with Crippen molar-refractivity contribution >= 4 is 39.9 Å². The van der Waals surface area contributed by atoms with E-state index in [1.54, 1.807) is 30.3 Å². The number of nitro benzene ring substituents is 2. The van der Waals surface area contributed by atoms with Crippen molar-refractivity contribution in [3.63, 3.8) is 0 Å². The maximum Gasteiger partial charge on any atom is 0.284 e. The van der Waals surface area contributed by atoms with E-state index >= 15 is 0 Å². The van der Waals surface area contributed by atoms with Crippen LogP contribution in [0.15, 0.2) is 54.6 Å². The Hall–Kier alpha value is -4.67. The van der Waals surface area contributed by atoms with Crippen molar-refractivity contribution in [2.75, 3.05) is 0 Å². The van der Waals surface area contributed by atoms with E-state index in [1.807, 2.05) is 0 Å². The van der Waals surface area contributed by atoms with Gasteiger partial charge in [0.05, 0.1) is 27.4 Å². The van der Waals surface area contributed by atoms with Crippen LogP contribution in [0.2, 0.25) is 0 Å². The number of hydrazine groups is 1. The highest BCUT2D eigenvalue weighted by molar-refractivity contribution is 6.27. The van der Waals surface area contributed by atoms with Crippen LogP contribution in [0.1, 0.15) is 26.3 Å². The van der Waals surface area contributed by atoms with Gasteiger partial charge >= 0.3 is 0 Å². The molecule has 1 aliphatic heterocycles. The minimum absolute atomic E-state index is 0.0965. The third-order valence-electron chi connectivity index (χ3n) is 4.82. The van der Waals surface area contributed by atoms with Crippen LogP contribution < -0.4 is 5.43 Å². The highest BCUT2D eigenvalue weighted by Crippen LogP contribution is 2.40. The zero-order valence-electron chi connectivity index (χ0n) is 15.6. The first kappa shape index (κ1) is 19.6. The lowest BCUT2D eigenvalue weighted by Crippen LogP contribution is -2.52. The van der Waals surface area contributed by atoms with E-state index in [4.69, 9.17) is 0 Å². The van der Waals surface area contributed by atoms with Crippen LogP contribution in [0, 0.1) is 20.2 Å². The molecule has 3 aromatic rings. The predicted molar refractivity (Wildman–Crippen MR) is 106 cm³/mol. The molecule has 1 N–H and O–H groups in total. The van der Waals surface area contributed by atoms with E-state index in [1.165, 1.54) is 0 Å². The summed E-state index contributed by atoms with van der Waals surface area (Å²) < 4.78 is 0. The van der Waals surface area contributed by atoms with Crippen molar-refractivity contribution in [1.82, 2.24) is 10.4 Å². The van der Waals surface area contributed by atoms with Crippen LogP contribution >= 0.6 is 0 Å². The summed E-state index contributed by atoms with van der Waals surface area (Å²) in [7, 11) is 0. The van der Waals surface area contributed by atoms with Gasteiger partial charge in [0.15, 0.2) is 0 Å². The Kier molecular flexibility index (Phi) is 4.62. The lowest BCUT2D eigenvalue weighted by atomic mass is 9.92. The van der Waals surface area contributed by atoms with Crippen LogP contribution in [0.25, 0.3) is 10.8 Å². The molecule has 0 unspecified atom stereocenters. The zero-order chi connectivity index (χ0) is 22.3. The number of hydrogen-bond acceptors (Lipinski definition) is 7. The standard InChI is InChI=1S/C20H12N4O7/c25-16(10-11-4-2-1-3-5-11)21-22-19(26)12-6-8-14(23(28)29)18-15(24(30)31)9-7-13(17(12)18)20(22)27/h1-9H,10H2,(H,21,25). The maximum atomic E-state index is 12.9. The molecule has 154 valence electrons. The molecule has 0 radical (unpaired) electrons. The van der Waals surface area contributed by atoms with Crippen molar-refractivity contribution in [1.29, 1.82) is 0 Å². The fraction of sp³-hybridized carbons (Fsp3) is 0.0500. The second kappa shape index (κ2) is 7.30. The zero-order valence-corrected chi connectivity index (χ0v) is 15.6. The number of imide groups is 1. The molecule has 4 rings (SSSR count). The van der Waals surface area contributed by atoms with Crippen molar-refractivity contribution < 1.29 is 24.2 Å². The molecule has 1 heterocycles. The van der Waals surface area contributed by atoms with Crippen LogP contribution in [-0.2, 0) is 11.2 Å². The fourth-order valence-corrected chi connectivity index (χ4v) is 3.50. The second-order valence-electron chi connectivity index (χ2n) is 6.67. The molecule has 0 aromatic heterocycles. The number of benzene rings is 3. The Morgan fingerprint density at radius 3 is 1.81 bits per heavy atom. The van der Waals surface area contributed by atoms with Crippen LogP contribution in [-0.4, -0.2) is 32.6 Å². The minimum atomic E-state index is -0.945. The molecule has 0 fully saturated rings. The van der Waals surface area contributed by atoms with E-state index in [9.17, 15) is 34.6 Å². The van der Waals surface area contributed by atoms with Gasteiger partial charge in [-0.05, 0) is 17.7 Å². The Bertz CT molecular complexity index is 1240. The van der Waals surface area contributed by atoms with Gasteiger partial charge < -0.3 is 0 Å². The van der Waals surface area contributed by atoms with Gasteiger partial charge in [-0.25, -0.2) is 0 Å². The van der Waals surface area contributed by atoms with Gasteiger partial charge in [-0.3, -0.25) is 40.0 Å². The molecule has 31 heavy (non-hydrogen) atoms. The number of non-ortho nitro benzene ring substituents is 2. The number of nitrogens with zero attached hydrogens (tertiary/aromatic N) is 3. The van der Waals surface area contributed by atoms with Gasteiger partial charge in [0.1, 0.15) is 5.39 Å². The van der Waals surface area contributed by atoms with Crippen LogP contribution in [0.3, 0.4) is 0 Å². The number of carbonyl (C=O) groups excluding carboxylic acids is 3. The highest BCUT2D eigenvalue weighted by Gasteiger charge is 2.38. The van der Waals surface area contributed by atoms with E-state index in [-0.39, 0.29) is 22.9 Å². The fourth-order valence-electron chi connectivity index (χ4n) is 3.50. The second-order valence-corrected chi connectivity index (χ2v) is 6.67. The van der Waals surface area contributed by atoms with Crippen molar-refractivity contribution in [3.8, 4) is 0 Å². The lowest BCUT2D eigenvalue weighted by molar-refractivity contribution is -0.390. The van der Waals surface area contributed by atoms with Gasteiger partial charge in [-0.15, -0.1) is 0 Å². The van der Waals surface area contributed by atoms with E-state index in [2.05, 4.69) is 5.43 Å². The molecule has 0 aliphatic carbocycles. The first-order valence-electron chi connectivity index (χ1n) is 8.90. The lowest BCUT2D eigenvalue weighted by Gasteiger charge is -2.27. The average Bonchev–Trinajstić information content (AvgIpc) is 2.74. The summed E-state index contributed by atoms with van der Waals surface area (Å²) in [6.07, 6.45) is -0.0965. The van der Waals surface area contributed by atoms with E-state index in [0.717, 1.165) is 24.3 Å². The molecule has 0 spiro atoms. The third kappa shape index (κ3) is 3.23. The van der Waals surface area contributed by atoms with Gasteiger partial charge in [-0.1, -0.05) is 30.3 Å². The summed E-state index contributed by atoms with van der Waals surface area (Å²) in [6, 6.07) is 12.8. The van der Waals surface area contributed by atoms with Gasteiger partial charge in [-0.2, -0.15) is 5.01 Å². The van der Waals surface area contributed by atoms with Crippen molar-refractivity contribution in [2.45, 2.75) is 6.42 Å². The summed E-state index contributed by atoms with van der Waals surface area (Å²) in [5, 5.41) is 22.7. The molecule has 0 saturated heterocycles. The summed E-state index contributed by atoms with van der Waals surface area (Å²) >= 11 is 0. The van der Waals surface area contributed by atoms with E-state index in [0.29, 0.717) is 10.6 Å². The molecule has 1 aliphatic rings.